The molecule has 0 bridgehead atoms. The van der Waals surface area contributed by atoms with E-state index < -0.39 is 0 Å². The molecule has 0 radical (unpaired) electrons. The van der Waals surface area contributed by atoms with E-state index in [1.54, 1.807) is 30.4 Å². The first kappa shape index (κ1) is 23.2. The molecule has 33 heavy (non-hydrogen) atoms. The number of rotatable bonds is 7. The normalized spacial score (nSPS) is 17.7. The molecule has 2 saturated heterocycles. The lowest BCUT2D eigenvalue weighted by molar-refractivity contribution is -0.132. The summed E-state index contributed by atoms with van der Waals surface area (Å²) in [5.41, 5.74) is 1.17. The zero-order chi connectivity index (χ0) is 23.3. The van der Waals surface area contributed by atoms with Crippen LogP contribution in [0, 0.1) is 12.3 Å². The maximum atomic E-state index is 12.7. The first-order chi connectivity index (χ1) is 15.9. The van der Waals surface area contributed by atoms with Gasteiger partial charge >= 0.3 is 0 Å². The van der Waals surface area contributed by atoms with Gasteiger partial charge in [-0.05, 0) is 66.5 Å². The maximum Gasteiger partial charge on any atom is 0.246 e. The van der Waals surface area contributed by atoms with Gasteiger partial charge in [-0.2, -0.15) is 11.3 Å². The average molecular weight is 471 g/mol. The van der Waals surface area contributed by atoms with Crippen LogP contribution in [0.4, 0.5) is 5.82 Å². The van der Waals surface area contributed by atoms with E-state index in [0.717, 1.165) is 51.0 Å². The van der Waals surface area contributed by atoms with Gasteiger partial charge in [-0.15, -0.1) is 0 Å². The van der Waals surface area contributed by atoms with Gasteiger partial charge in [0.15, 0.2) is 5.82 Å². The maximum absolute atomic E-state index is 12.7. The van der Waals surface area contributed by atoms with E-state index in [4.69, 9.17) is 4.52 Å². The number of nitrogens with zero attached hydrogens (tertiary/aromatic N) is 3. The Morgan fingerprint density at radius 2 is 1.94 bits per heavy atom. The van der Waals surface area contributed by atoms with Gasteiger partial charge in [0.1, 0.15) is 5.76 Å². The van der Waals surface area contributed by atoms with Crippen molar-refractivity contribution in [2.24, 2.45) is 5.41 Å². The van der Waals surface area contributed by atoms with Crippen LogP contribution in [0.15, 0.2) is 33.5 Å². The Kier molecular flexibility index (Phi) is 7.27. The minimum Gasteiger partial charge on any atom is -0.360 e. The zero-order valence-corrected chi connectivity index (χ0v) is 19.7. The number of carbonyl (C=O) groups excluding carboxylic acids is 3. The van der Waals surface area contributed by atoms with E-state index in [1.165, 1.54) is 0 Å². The van der Waals surface area contributed by atoms with E-state index in [0.29, 0.717) is 24.4 Å². The van der Waals surface area contributed by atoms with Gasteiger partial charge in [0, 0.05) is 51.2 Å². The second kappa shape index (κ2) is 10.3. The highest BCUT2D eigenvalue weighted by molar-refractivity contribution is 7.08. The van der Waals surface area contributed by atoms with E-state index in [-0.39, 0.29) is 29.6 Å². The molecule has 3 amide bonds. The third-order valence-electron chi connectivity index (χ3n) is 6.58. The van der Waals surface area contributed by atoms with Crippen LogP contribution in [-0.2, 0) is 14.4 Å². The summed E-state index contributed by atoms with van der Waals surface area (Å²) in [5, 5.41) is 10.4. The topological polar surface area (TPSA) is 95.8 Å². The molecule has 1 N–H and O–H groups in total. The molecule has 2 aromatic heterocycles. The molecular formula is C24H30N4O4S. The molecule has 0 atom stereocenters. The summed E-state index contributed by atoms with van der Waals surface area (Å²) in [5.74, 6) is 1.03. The zero-order valence-electron chi connectivity index (χ0n) is 18.9. The number of thiophene rings is 1. The van der Waals surface area contributed by atoms with Gasteiger partial charge in [-0.1, -0.05) is 5.16 Å². The lowest BCUT2D eigenvalue weighted by Gasteiger charge is -2.39. The fourth-order valence-electron chi connectivity index (χ4n) is 4.59. The predicted octanol–water partition coefficient (Wildman–Crippen LogP) is 3.71. The molecule has 1 spiro atoms. The number of aryl methyl sites for hydroxylation is 1. The van der Waals surface area contributed by atoms with Gasteiger partial charge < -0.3 is 19.6 Å². The van der Waals surface area contributed by atoms with Gasteiger partial charge in [-0.25, -0.2) is 0 Å². The molecule has 2 aliphatic rings. The van der Waals surface area contributed by atoms with Crippen molar-refractivity contribution in [1.82, 2.24) is 15.0 Å². The van der Waals surface area contributed by atoms with Crippen molar-refractivity contribution in [3.05, 3.63) is 40.3 Å². The Bertz CT molecular complexity index is 1010. The highest BCUT2D eigenvalue weighted by Gasteiger charge is 2.42. The molecule has 2 aromatic rings. The molecule has 8 nitrogen and oxygen atoms in total. The minimum atomic E-state index is -0.168. The van der Waals surface area contributed by atoms with Crippen molar-refractivity contribution in [1.29, 1.82) is 0 Å². The van der Waals surface area contributed by atoms with Gasteiger partial charge in [0.05, 0.1) is 0 Å². The van der Waals surface area contributed by atoms with Crippen LogP contribution in [0.1, 0.15) is 49.8 Å². The number of likely N-dealkylation sites (tertiary alicyclic amines) is 2. The standard InChI is InChI=1S/C24H30N4O4S/c1-18-15-20(26-32-18)25-21(29)3-2-4-22(30)28-13-10-24(17-28)8-11-27(12-9-24)23(31)6-5-19-7-14-33-16-19/h5-7,14-16H,2-4,8-13,17H2,1H3,(H,25,26,29)/b6-5+. The fourth-order valence-corrected chi connectivity index (χ4v) is 5.22. The SMILES string of the molecule is Cc1cc(NC(=O)CCCC(=O)N2CCC3(CCN(C(=O)/C=C/c4ccsc4)CC3)C2)no1. The average Bonchev–Trinajstić information content (AvgIpc) is 3.55. The molecule has 0 aromatic carbocycles. The fraction of sp³-hybridized carbons (Fsp3) is 0.500. The summed E-state index contributed by atoms with van der Waals surface area (Å²) >= 11 is 1.61. The molecule has 176 valence electrons. The Labute approximate surface area is 197 Å². The molecule has 0 saturated carbocycles. The third kappa shape index (κ3) is 6.10. The molecule has 2 aliphatic heterocycles. The second-order valence-electron chi connectivity index (χ2n) is 9.01. The quantitative estimate of drug-likeness (QED) is 0.623. The lowest BCUT2D eigenvalue weighted by atomic mass is 9.78. The van der Waals surface area contributed by atoms with Gasteiger partial charge in [0.2, 0.25) is 17.7 Å². The number of amides is 3. The highest BCUT2D eigenvalue weighted by atomic mass is 32.1. The number of anilines is 1. The molecule has 2 fully saturated rings. The number of piperidine rings is 1. The smallest absolute Gasteiger partial charge is 0.246 e. The molecule has 0 unspecified atom stereocenters. The molecule has 9 heteroatoms. The van der Waals surface area contributed by atoms with E-state index in [9.17, 15) is 14.4 Å². The van der Waals surface area contributed by atoms with Crippen LogP contribution < -0.4 is 5.32 Å². The second-order valence-corrected chi connectivity index (χ2v) is 9.79. The van der Waals surface area contributed by atoms with Crippen molar-refractivity contribution in [2.75, 3.05) is 31.5 Å². The van der Waals surface area contributed by atoms with Gasteiger partial charge in [0.25, 0.3) is 0 Å². The Balaban J connectivity index is 1.17. The summed E-state index contributed by atoms with van der Waals surface area (Å²) in [4.78, 5) is 41.0. The van der Waals surface area contributed by atoms with Crippen molar-refractivity contribution < 1.29 is 18.9 Å². The van der Waals surface area contributed by atoms with Crippen LogP contribution >= 0.6 is 11.3 Å². The molecular weight excluding hydrogens is 440 g/mol. The number of hydrogen-bond acceptors (Lipinski definition) is 6. The van der Waals surface area contributed by atoms with E-state index >= 15 is 0 Å². The monoisotopic (exact) mass is 470 g/mol. The van der Waals surface area contributed by atoms with Crippen LogP contribution in [0.2, 0.25) is 0 Å². The van der Waals surface area contributed by atoms with Crippen molar-refractivity contribution >= 4 is 41.0 Å². The molecule has 4 rings (SSSR count). The summed E-state index contributed by atoms with van der Waals surface area (Å²) in [6, 6.07) is 3.65. The van der Waals surface area contributed by atoms with Crippen LogP contribution in [0.3, 0.4) is 0 Å². The minimum absolute atomic E-state index is 0.0565. The van der Waals surface area contributed by atoms with Gasteiger partial charge in [-0.3, -0.25) is 14.4 Å². The lowest BCUT2D eigenvalue weighted by Crippen LogP contribution is -2.44. The number of aromatic nitrogens is 1. The van der Waals surface area contributed by atoms with Crippen molar-refractivity contribution in [2.45, 2.75) is 45.4 Å². The first-order valence-corrected chi connectivity index (χ1v) is 12.4. The van der Waals surface area contributed by atoms with Crippen LogP contribution in [-0.4, -0.2) is 58.9 Å². The summed E-state index contributed by atoms with van der Waals surface area (Å²) < 4.78 is 4.93. The Hall–Kier alpha value is -2.94. The Morgan fingerprint density at radius 3 is 2.61 bits per heavy atom. The summed E-state index contributed by atoms with van der Waals surface area (Å²) in [6.07, 6.45) is 7.49. The largest absolute Gasteiger partial charge is 0.360 e. The Morgan fingerprint density at radius 1 is 1.18 bits per heavy atom. The van der Waals surface area contributed by atoms with Crippen LogP contribution in [0.25, 0.3) is 6.08 Å². The number of carbonyl (C=O) groups is 3. The molecule has 4 heterocycles. The number of hydrogen-bond donors (Lipinski definition) is 1. The van der Waals surface area contributed by atoms with E-state index in [1.807, 2.05) is 32.7 Å². The highest BCUT2D eigenvalue weighted by Crippen LogP contribution is 2.40. The first-order valence-electron chi connectivity index (χ1n) is 11.4. The van der Waals surface area contributed by atoms with E-state index in [2.05, 4.69) is 10.5 Å². The van der Waals surface area contributed by atoms with Crippen molar-refractivity contribution in [3.8, 4) is 0 Å². The van der Waals surface area contributed by atoms with Crippen LogP contribution in [0.5, 0.6) is 0 Å². The predicted molar refractivity (Wildman–Crippen MR) is 127 cm³/mol. The summed E-state index contributed by atoms with van der Waals surface area (Å²) in [7, 11) is 0. The summed E-state index contributed by atoms with van der Waals surface area (Å²) in [6.45, 7) is 4.74. The number of nitrogens with one attached hydrogen (secondary N) is 1. The molecule has 0 aliphatic carbocycles. The third-order valence-corrected chi connectivity index (χ3v) is 7.28. The van der Waals surface area contributed by atoms with Crippen molar-refractivity contribution in [3.63, 3.8) is 0 Å².